The van der Waals surface area contributed by atoms with E-state index in [2.05, 4.69) is 10.1 Å². The first-order valence-corrected chi connectivity index (χ1v) is 5.86. The number of halogens is 2. The van der Waals surface area contributed by atoms with Gasteiger partial charge in [-0.2, -0.15) is 5.10 Å². The predicted octanol–water partition coefficient (Wildman–Crippen LogP) is 2.57. The summed E-state index contributed by atoms with van der Waals surface area (Å²) in [6.07, 6.45) is 1.46. The number of fused-ring (bicyclic) bond motifs is 3. The van der Waals surface area contributed by atoms with Crippen LogP contribution in [0.1, 0.15) is 5.56 Å². The average molecular weight is 268 g/mol. The molecule has 0 amide bonds. The van der Waals surface area contributed by atoms with Crippen molar-refractivity contribution in [2.75, 3.05) is 0 Å². The van der Waals surface area contributed by atoms with E-state index in [9.17, 15) is 4.79 Å². The number of nitrogens with one attached hydrogen (secondary N) is 1. The van der Waals surface area contributed by atoms with E-state index in [1.54, 1.807) is 0 Å². The second-order valence-electron chi connectivity index (χ2n) is 3.69. The fourth-order valence-corrected chi connectivity index (χ4v) is 2.22. The van der Waals surface area contributed by atoms with Crippen LogP contribution in [0.2, 0.25) is 5.02 Å². The van der Waals surface area contributed by atoms with Gasteiger partial charge in [-0.25, -0.2) is 4.52 Å². The number of aromatic amines is 1. The highest BCUT2D eigenvalue weighted by Gasteiger charge is 2.10. The SMILES string of the molecule is O=c1[nH]c2cc(CCl)ccc2n2ncc(Cl)c12. The Hall–Kier alpha value is -1.52. The van der Waals surface area contributed by atoms with E-state index in [0.29, 0.717) is 21.9 Å². The molecule has 0 aliphatic rings. The molecule has 0 unspecified atom stereocenters. The minimum Gasteiger partial charge on any atom is -0.319 e. The molecule has 4 nitrogen and oxygen atoms in total. The van der Waals surface area contributed by atoms with Gasteiger partial charge < -0.3 is 4.98 Å². The van der Waals surface area contributed by atoms with Crippen LogP contribution >= 0.6 is 23.2 Å². The Balaban J connectivity index is 2.53. The zero-order valence-corrected chi connectivity index (χ0v) is 10.1. The van der Waals surface area contributed by atoms with Crippen LogP contribution in [0.4, 0.5) is 0 Å². The van der Waals surface area contributed by atoms with Gasteiger partial charge in [0.1, 0.15) is 0 Å². The zero-order chi connectivity index (χ0) is 12.0. The van der Waals surface area contributed by atoms with E-state index in [4.69, 9.17) is 23.2 Å². The number of alkyl halides is 1. The summed E-state index contributed by atoms with van der Waals surface area (Å²) in [5, 5.41) is 4.44. The highest BCUT2D eigenvalue weighted by molar-refractivity contribution is 6.33. The van der Waals surface area contributed by atoms with Crippen molar-refractivity contribution < 1.29 is 0 Å². The Morgan fingerprint density at radius 2 is 2.24 bits per heavy atom. The van der Waals surface area contributed by atoms with Crippen LogP contribution in [-0.4, -0.2) is 14.6 Å². The van der Waals surface area contributed by atoms with Gasteiger partial charge in [0, 0.05) is 5.88 Å². The maximum absolute atomic E-state index is 11.8. The number of nitrogens with zero attached hydrogens (tertiary/aromatic N) is 2. The summed E-state index contributed by atoms with van der Waals surface area (Å²) in [7, 11) is 0. The minimum absolute atomic E-state index is 0.258. The highest BCUT2D eigenvalue weighted by atomic mass is 35.5. The Kier molecular flexibility index (Phi) is 2.34. The van der Waals surface area contributed by atoms with Gasteiger partial charge in [0.15, 0.2) is 5.52 Å². The van der Waals surface area contributed by atoms with Crippen LogP contribution in [0.25, 0.3) is 16.6 Å². The number of rotatable bonds is 1. The molecule has 0 fully saturated rings. The molecule has 6 heteroatoms. The lowest BCUT2D eigenvalue weighted by atomic mass is 10.2. The largest absolute Gasteiger partial charge is 0.319 e. The first-order valence-electron chi connectivity index (χ1n) is 4.95. The van der Waals surface area contributed by atoms with Gasteiger partial charge in [0.05, 0.1) is 22.3 Å². The Morgan fingerprint density at radius 3 is 3.00 bits per heavy atom. The number of aromatic nitrogens is 3. The lowest BCUT2D eigenvalue weighted by Gasteiger charge is -2.03. The molecule has 0 radical (unpaired) electrons. The van der Waals surface area contributed by atoms with E-state index < -0.39 is 0 Å². The van der Waals surface area contributed by atoms with E-state index >= 15 is 0 Å². The van der Waals surface area contributed by atoms with Crippen molar-refractivity contribution in [2.24, 2.45) is 0 Å². The van der Waals surface area contributed by atoms with Gasteiger partial charge >= 0.3 is 0 Å². The molecule has 2 aromatic heterocycles. The Labute approximate surface area is 106 Å². The molecule has 0 spiro atoms. The second-order valence-corrected chi connectivity index (χ2v) is 4.37. The van der Waals surface area contributed by atoms with Gasteiger partial charge in [-0.1, -0.05) is 17.7 Å². The van der Waals surface area contributed by atoms with Crippen LogP contribution in [0.15, 0.2) is 29.2 Å². The molecule has 1 N–H and O–H groups in total. The number of H-pyrrole nitrogens is 1. The van der Waals surface area contributed by atoms with Gasteiger partial charge in [-0.15, -0.1) is 11.6 Å². The summed E-state index contributed by atoms with van der Waals surface area (Å²) in [6.45, 7) is 0. The molecule has 3 aromatic rings. The van der Waals surface area contributed by atoms with Gasteiger partial charge in [0.2, 0.25) is 0 Å². The van der Waals surface area contributed by atoms with Gasteiger partial charge in [0.25, 0.3) is 5.56 Å². The van der Waals surface area contributed by atoms with Crippen molar-refractivity contribution in [1.82, 2.24) is 14.6 Å². The predicted molar refractivity (Wildman–Crippen MR) is 67.9 cm³/mol. The van der Waals surface area contributed by atoms with Crippen LogP contribution in [0.5, 0.6) is 0 Å². The van der Waals surface area contributed by atoms with Crippen molar-refractivity contribution in [1.29, 1.82) is 0 Å². The van der Waals surface area contributed by atoms with Gasteiger partial charge in [-0.05, 0) is 17.7 Å². The Morgan fingerprint density at radius 1 is 1.41 bits per heavy atom. The summed E-state index contributed by atoms with van der Waals surface area (Å²) in [4.78, 5) is 14.6. The van der Waals surface area contributed by atoms with E-state index in [0.717, 1.165) is 11.1 Å². The minimum atomic E-state index is -0.258. The molecule has 0 saturated heterocycles. The summed E-state index contributed by atoms with van der Waals surface area (Å²) >= 11 is 11.7. The maximum Gasteiger partial charge on any atom is 0.276 e. The van der Waals surface area contributed by atoms with E-state index in [1.807, 2.05) is 18.2 Å². The number of benzene rings is 1. The molecule has 0 aliphatic heterocycles. The first-order chi connectivity index (χ1) is 8.20. The third-order valence-electron chi connectivity index (χ3n) is 2.63. The van der Waals surface area contributed by atoms with Crippen molar-refractivity contribution in [3.8, 4) is 0 Å². The summed E-state index contributed by atoms with van der Waals surface area (Å²) in [6, 6.07) is 5.58. The van der Waals surface area contributed by atoms with E-state index in [-0.39, 0.29) is 5.56 Å². The molecule has 2 heterocycles. The summed E-state index contributed by atoms with van der Waals surface area (Å²) in [5.74, 6) is 0.399. The lowest BCUT2D eigenvalue weighted by Crippen LogP contribution is -2.10. The molecule has 0 atom stereocenters. The third-order valence-corrected chi connectivity index (χ3v) is 3.22. The standard InChI is InChI=1S/C11H7Cl2N3O/c12-4-6-1-2-9-8(3-6)15-11(17)10-7(13)5-14-16(9)10/h1-3,5H,4H2,(H,15,17). The number of hydrogen-bond donors (Lipinski definition) is 1. The van der Waals surface area contributed by atoms with Crippen molar-refractivity contribution in [3.63, 3.8) is 0 Å². The molecular formula is C11H7Cl2N3O. The third kappa shape index (κ3) is 1.52. The zero-order valence-electron chi connectivity index (χ0n) is 8.58. The van der Waals surface area contributed by atoms with E-state index in [1.165, 1.54) is 10.7 Å². The lowest BCUT2D eigenvalue weighted by molar-refractivity contribution is 0.986. The molecular weight excluding hydrogens is 261 g/mol. The Bertz CT molecular complexity index is 775. The monoisotopic (exact) mass is 267 g/mol. The fraction of sp³-hybridized carbons (Fsp3) is 0.0909. The van der Waals surface area contributed by atoms with Crippen LogP contribution in [-0.2, 0) is 5.88 Å². The van der Waals surface area contributed by atoms with Crippen LogP contribution < -0.4 is 5.56 Å². The molecule has 86 valence electrons. The van der Waals surface area contributed by atoms with Crippen LogP contribution in [0, 0.1) is 0 Å². The molecule has 0 aliphatic carbocycles. The second kappa shape index (κ2) is 3.75. The van der Waals surface area contributed by atoms with Crippen LogP contribution in [0.3, 0.4) is 0 Å². The maximum atomic E-state index is 11.8. The quantitative estimate of drug-likeness (QED) is 0.689. The summed E-state index contributed by atoms with van der Waals surface area (Å²) < 4.78 is 1.54. The molecule has 0 saturated carbocycles. The number of hydrogen-bond acceptors (Lipinski definition) is 2. The highest BCUT2D eigenvalue weighted by Crippen LogP contribution is 2.19. The molecule has 0 bridgehead atoms. The molecule has 3 rings (SSSR count). The summed E-state index contributed by atoms with van der Waals surface area (Å²) in [5.41, 5.74) is 2.53. The molecule has 17 heavy (non-hydrogen) atoms. The molecule has 1 aromatic carbocycles. The van der Waals surface area contributed by atoms with Crippen molar-refractivity contribution in [3.05, 3.63) is 45.3 Å². The smallest absolute Gasteiger partial charge is 0.276 e. The normalized spacial score (nSPS) is 11.4. The van der Waals surface area contributed by atoms with Crippen molar-refractivity contribution in [2.45, 2.75) is 5.88 Å². The first kappa shape index (κ1) is 10.6. The fourth-order valence-electron chi connectivity index (χ4n) is 1.85. The average Bonchev–Trinajstić information content (AvgIpc) is 2.71. The van der Waals surface area contributed by atoms with Gasteiger partial charge in [-0.3, -0.25) is 4.79 Å². The van der Waals surface area contributed by atoms with Crippen molar-refractivity contribution >= 4 is 39.8 Å². The topological polar surface area (TPSA) is 50.2 Å².